The van der Waals surface area contributed by atoms with E-state index in [0.29, 0.717) is 23.0 Å². The van der Waals surface area contributed by atoms with Crippen LogP contribution in [-0.4, -0.2) is 59.7 Å². The number of hydrogen-bond donors (Lipinski definition) is 1. The summed E-state index contributed by atoms with van der Waals surface area (Å²) < 4.78 is 24.8. The van der Waals surface area contributed by atoms with Gasteiger partial charge in [-0.1, -0.05) is 68.4 Å². The van der Waals surface area contributed by atoms with Gasteiger partial charge in [0.1, 0.15) is 11.6 Å². The van der Waals surface area contributed by atoms with Crippen LogP contribution in [0.2, 0.25) is 34.8 Å². The van der Waals surface area contributed by atoms with Crippen LogP contribution in [0.15, 0.2) is 11.6 Å². The number of carbonyl (C=O) groups excluding carboxylic acids is 2. The van der Waals surface area contributed by atoms with Crippen LogP contribution in [0.5, 0.6) is 0 Å². The first-order valence-electron chi connectivity index (χ1n) is 15.1. The molecule has 0 aromatic rings. The Labute approximate surface area is 241 Å². The molecule has 1 amide bonds. The quantitative estimate of drug-likeness (QED) is 0.126. The third kappa shape index (κ3) is 9.71. The minimum absolute atomic E-state index is 0.0743. The maximum atomic E-state index is 12.8. The third-order valence-electron chi connectivity index (χ3n) is 8.55. The fourth-order valence-electron chi connectivity index (χ4n) is 6.36. The molecule has 39 heavy (non-hydrogen) atoms. The van der Waals surface area contributed by atoms with Gasteiger partial charge >= 0.3 is 12.1 Å². The molecule has 0 aliphatic heterocycles. The largest absolute Gasteiger partial charge is 0.467 e. The average Bonchev–Trinajstić information content (AvgIpc) is 2.84. The summed E-state index contributed by atoms with van der Waals surface area (Å²) in [5.74, 6) is -0.491. The molecule has 0 aromatic carbocycles. The molecule has 0 saturated heterocycles. The Morgan fingerprint density at radius 2 is 1.46 bits per heavy atom. The second kappa shape index (κ2) is 15.2. The van der Waals surface area contributed by atoms with Crippen LogP contribution < -0.4 is 5.32 Å². The van der Waals surface area contributed by atoms with Crippen LogP contribution in [0, 0.1) is 0 Å². The molecule has 0 heterocycles. The highest BCUT2D eigenvalue weighted by Gasteiger charge is 2.48. The zero-order valence-electron chi connectivity index (χ0n) is 27.2. The lowest BCUT2D eigenvalue weighted by Gasteiger charge is -2.46. The van der Waals surface area contributed by atoms with Gasteiger partial charge < -0.3 is 23.6 Å². The summed E-state index contributed by atoms with van der Waals surface area (Å²) in [5, 5.41) is 2.75. The summed E-state index contributed by atoms with van der Waals surface area (Å²) in [5.41, 5.74) is 1.87. The standard InChI is InChI=1S/C30H59NO6Si2/c1-14-38(15-2,16-3)37-27-20-25(36-39(21(4)5,22(6)7)23(8)9)18-17-24(27)19-26(28(32)34-13)31-29(33)35-30(10,11)12/h17,21-23,25-27H,14-16,18-20H2,1-13H3,(H,31,33)/t25-,26-,27+/m0/s1. The predicted molar refractivity (Wildman–Crippen MR) is 165 cm³/mol. The van der Waals surface area contributed by atoms with E-state index in [1.807, 2.05) is 0 Å². The molecule has 1 rings (SSSR count). The van der Waals surface area contributed by atoms with Crippen LogP contribution >= 0.6 is 0 Å². The molecule has 0 spiro atoms. The first-order chi connectivity index (χ1) is 18.0. The third-order valence-corrected chi connectivity index (χ3v) is 19.4. The lowest BCUT2D eigenvalue weighted by atomic mass is 9.90. The van der Waals surface area contributed by atoms with Gasteiger partial charge in [0, 0.05) is 12.8 Å². The zero-order chi connectivity index (χ0) is 30.2. The fourth-order valence-corrected chi connectivity index (χ4v) is 14.8. The van der Waals surface area contributed by atoms with E-state index in [-0.39, 0.29) is 12.2 Å². The monoisotopic (exact) mass is 585 g/mol. The van der Waals surface area contributed by atoms with Crippen LogP contribution in [0.3, 0.4) is 0 Å². The van der Waals surface area contributed by atoms with E-state index in [9.17, 15) is 9.59 Å². The highest BCUT2D eigenvalue weighted by Crippen LogP contribution is 2.45. The number of methoxy groups -OCH3 is 1. The molecule has 0 unspecified atom stereocenters. The Balaban J connectivity index is 3.39. The van der Waals surface area contributed by atoms with Crippen LogP contribution in [0.25, 0.3) is 0 Å². The first-order valence-corrected chi connectivity index (χ1v) is 19.8. The molecular formula is C30H59NO6Si2. The Kier molecular flexibility index (Phi) is 14.0. The lowest BCUT2D eigenvalue weighted by molar-refractivity contribution is -0.143. The highest BCUT2D eigenvalue weighted by molar-refractivity contribution is 6.77. The van der Waals surface area contributed by atoms with E-state index in [4.69, 9.17) is 18.3 Å². The summed E-state index contributed by atoms with van der Waals surface area (Å²) in [4.78, 5) is 25.3. The molecule has 1 N–H and O–H groups in total. The van der Waals surface area contributed by atoms with Crippen molar-refractivity contribution in [2.24, 2.45) is 0 Å². The lowest BCUT2D eigenvalue weighted by Crippen LogP contribution is -2.52. The van der Waals surface area contributed by atoms with Crippen molar-refractivity contribution in [2.75, 3.05) is 7.11 Å². The summed E-state index contributed by atoms with van der Waals surface area (Å²) in [6, 6.07) is 2.26. The van der Waals surface area contributed by atoms with Gasteiger partial charge in [-0.25, -0.2) is 9.59 Å². The molecule has 0 fully saturated rings. The summed E-state index contributed by atoms with van der Waals surface area (Å²) >= 11 is 0. The Morgan fingerprint density at radius 1 is 0.949 bits per heavy atom. The summed E-state index contributed by atoms with van der Waals surface area (Å²) in [7, 11) is -2.69. The van der Waals surface area contributed by atoms with Crippen LogP contribution in [0.4, 0.5) is 4.79 Å². The molecule has 1 aliphatic rings. The SMILES string of the molecule is CC[Si](CC)(CC)O[C@@H]1C[C@@H](O[Si](C(C)C)(C(C)C)C(C)C)CC=C1C[C@H](NC(=O)OC(C)(C)C)C(=O)OC. The molecule has 0 bridgehead atoms. The van der Waals surface area contributed by atoms with Gasteiger partial charge in [-0.05, 0) is 67.5 Å². The maximum Gasteiger partial charge on any atom is 0.408 e. The molecule has 1 aliphatic carbocycles. The Morgan fingerprint density at radius 3 is 1.87 bits per heavy atom. The van der Waals surface area contributed by atoms with E-state index in [0.717, 1.165) is 36.5 Å². The van der Waals surface area contributed by atoms with Gasteiger partial charge in [0.25, 0.3) is 0 Å². The number of hydrogen-bond acceptors (Lipinski definition) is 6. The minimum Gasteiger partial charge on any atom is -0.467 e. The zero-order valence-corrected chi connectivity index (χ0v) is 29.2. The second-order valence-corrected chi connectivity index (χ2v) is 23.2. The molecular weight excluding hydrogens is 527 g/mol. The smallest absolute Gasteiger partial charge is 0.408 e. The number of rotatable bonds is 14. The predicted octanol–water partition coefficient (Wildman–Crippen LogP) is 8.11. The van der Waals surface area contributed by atoms with Gasteiger partial charge in [0.15, 0.2) is 8.32 Å². The Bertz CT molecular complexity index is 787. The number of carbonyl (C=O) groups is 2. The first kappa shape index (κ1) is 35.9. The molecule has 9 heteroatoms. The molecule has 7 nitrogen and oxygen atoms in total. The van der Waals surface area contributed by atoms with Crippen molar-refractivity contribution >= 4 is 28.7 Å². The summed E-state index contributed by atoms with van der Waals surface area (Å²) in [6.45, 7) is 26.0. The van der Waals surface area contributed by atoms with Crippen molar-refractivity contribution in [3.05, 3.63) is 11.6 Å². The number of nitrogens with one attached hydrogen (secondary N) is 1. The molecule has 3 atom stereocenters. The number of esters is 1. The maximum absolute atomic E-state index is 12.8. The van der Waals surface area contributed by atoms with E-state index < -0.39 is 40.3 Å². The van der Waals surface area contributed by atoms with Crippen LogP contribution in [0.1, 0.15) is 102 Å². The van der Waals surface area contributed by atoms with E-state index in [2.05, 4.69) is 73.7 Å². The number of alkyl carbamates (subject to hydrolysis) is 1. The van der Waals surface area contributed by atoms with E-state index >= 15 is 0 Å². The normalized spacial score (nSPS) is 19.7. The Hall–Kier alpha value is -1.17. The topological polar surface area (TPSA) is 83.1 Å². The van der Waals surface area contributed by atoms with E-state index in [1.165, 1.54) is 7.11 Å². The van der Waals surface area contributed by atoms with Gasteiger partial charge in [-0.15, -0.1) is 0 Å². The summed E-state index contributed by atoms with van der Waals surface area (Å²) in [6.07, 6.45) is 3.36. The highest BCUT2D eigenvalue weighted by atomic mass is 28.4. The van der Waals surface area contributed by atoms with E-state index in [1.54, 1.807) is 20.8 Å². The fraction of sp³-hybridized carbons (Fsp3) is 0.867. The van der Waals surface area contributed by atoms with Gasteiger partial charge in [-0.3, -0.25) is 0 Å². The number of amides is 1. The van der Waals surface area contributed by atoms with Gasteiger partial charge in [-0.2, -0.15) is 0 Å². The molecule has 0 aromatic heterocycles. The van der Waals surface area contributed by atoms with Crippen molar-refractivity contribution < 1.29 is 27.9 Å². The van der Waals surface area contributed by atoms with Gasteiger partial charge in [0.05, 0.1) is 19.3 Å². The van der Waals surface area contributed by atoms with Crippen molar-refractivity contribution in [1.82, 2.24) is 5.32 Å². The molecule has 0 radical (unpaired) electrons. The van der Waals surface area contributed by atoms with Crippen molar-refractivity contribution in [3.8, 4) is 0 Å². The van der Waals surface area contributed by atoms with Crippen molar-refractivity contribution in [3.63, 3.8) is 0 Å². The molecule has 0 saturated carbocycles. The van der Waals surface area contributed by atoms with Crippen LogP contribution in [-0.2, 0) is 23.1 Å². The van der Waals surface area contributed by atoms with Gasteiger partial charge in [0.2, 0.25) is 8.32 Å². The number of ether oxygens (including phenoxy) is 2. The minimum atomic E-state index is -2.07. The second-order valence-electron chi connectivity index (χ2n) is 13.1. The molecule has 228 valence electrons. The van der Waals surface area contributed by atoms with Crippen molar-refractivity contribution in [2.45, 2.75) is 161 Å². The van der Waals surface area contributed by atoms with Crippen molar-refractivity contribution in [1.29, 1.82) is 0 Å². The average molecular weight is 586 g/mol.